The van der Waals surface area contributed by atoms with Crippen LogP contribution in [0.5, 0.6) is 5.75 Å². The van der Waals surface area contributed by atoms with Gasteiger partial charge in [-0.05, 0) is 48.7 Å². The first-order chi connectivity index (χ1) is 13.3. The van der Waals surface area contributed by atoms with Crippen molar-refractivity contribution in [2.24, 2.45) is 0 Å². The van der Waals surface area contributed by atoms with Gasteiger partial charge in [0.2, 0.25) is 0 Å². The summed E-state index contributed by atoms with van der Waals surface area (Å²) >= 11 is 5.93. The van der Waals surface area contributed by atoms with Crippen LogP contribution in [-0.4, -0.2) is 45.9 Å². The number of carboxylic acids is 2. The van der Waals surface area contributed by atoms with E-state index in [1.807, 2.05) is 13.0 Å². The zero-order valence-corrected chi connectivity index (χ0v) is 18.1. The van der Waals surface area contributed by atoms with Crippen LogP contribution in [0.2, 0.25) is 5.02 Å². The molecule has 0 heterocycles. The van der Waals surface area contributed by atoms with Crippen LogP contribution in [0.1, 0.15) is 24.2 Å². The summed E-state index contributed by atoms with van der Waals surface area (Å²) in [6, 6.07) is 13.7. The molecule has 29 heavy (non-hydrogen) atoms. The van der Waals surface area contributed by atoms with E-state index in [-0.39, 0.29) is 28.8 Å². The lowest BCUT2D eigenvalue weighted by Crippen LogP contribution is -2.35. The molecule has 0 amide bonds. The SMILES string of the molecule is Br.CC(Cc1ccc(OC(C(=O)O)C(=O)O)cc1)NCC(O)c1cccc(Cl)c1. The van der Waals surface area contributed by atoms with Crippen molar-refractivity contribution >= 4 is 40.5 Å². The first-order valence-electron chi connectivity index (χ1n) is 8.64. The van der Waals surface area contributed by atoms with Crippen molar-refractivity contribution in [1.29, 1.82) is 0 Å². The van der Waals surface area contributed by atoms with Gasteiger partial charge in [-0.1, -0.05) is 35.9 Å². The summed E-state index contributed by atoms with van der Waals surface area (Å²) in [5.41, 5.74) is 1.69. The van der Waals surface area contributed by atoms with Crippen LogP contribution >= 0.6 is 28.6 Å². The maximum atomic E-state index is 10.9. The first kappa shape index (κ1) is 24.9. The number of aliphatic hydroxyl groups is 1. The lowest BCUT2D eigenvalue weighted by molar-refractivity contribution is -0.159. The highest BCUT2D eigenvalue weighted by Gasteiger charge is 2.27. The van der Waals surface area contributed by atoms with E-state index in [2.05, 4.69) is 5.32 Å². The van der Waals surface area contributed by atoms with E-state index in [4.69, 9.17) is 26.6 Å². The summed E-state index contributed by atoms with van der Waals surface area (Å²) in [6.45, 7) is 2.33. The van der Waals surface area contributed by atoms with Crippen molar-refractivity contribution in [2.45, 2.75) is 31.6 Å². The van der Waals surface area contributed by atoms with Crippen molar-refractivity contribution in [3.05, 3.63) is 64.7 Å². The highest BCUT2D eigenvalue weighted by atomic mass is 79.9. The number of benzene rings is 2. The van der Waals surface area contributed by atoms with Crippen LogP contribution in [0.15, 0.2) is 48.5 Å². The molecular weight excluding hydrogens is 466 g/mol. The van der Waals surface area contributed by atoms with E-state index < -0.39 is 24.1 Å². The second-order valence-corrected chi connectivity index (χ2v) is 6.84. The Morgan fingerprint density at radius 1 is 1.10 bits per heavy atom. The molecular formula is C20H23BrClNO6. The molecule has 0 aromatic heterocycles. The standard InChI is InChI=1S/C20H22ClNO6.BrH/c1-12(22-11-17(23)14-3-2-4-15(21)10-14)9-13-5-7-16(8-6-13)28-18(19(24)25)20(26)27;/h2-8,10,12,17-18,22-23H,9,11H2,1H3,(H,24,25)(H,26,27);1H. The fraction of sp³-hybridized carbons (Fsp3) is 0.300. The molecule has 0 fully saturated rings. The zero-order chi connectivity index (χ0) is 20.7. The Bertz CT molecular complexity index is 803. The van der Waals surface area contributed by atoms with Gasteiger partial charge in [0.25, 0.3) is 6.10 Å². The van der Waals surface area contributed by atoms with E-state index in [9.17, 15) is 14.7 Å². The largest absolute Gasteiger partial charge is 0.478 e. The number of nitrogens with one attached hydrogen (secondary N) is 1. The Morgan fingerprint density at radius 3 is 2.28 bits per heavy atom. The first-order valence-corrected chi connectivity index (χ1v) is 9.02. The van der Waals surface area contributed by atoms with Gasteiger partial charge in [-0.15, -0.1) is 17.0 Å². The molecule has 0 aliphatic rings. The summed E-state index contributed by atoms with van der Waals surface area (Å²) in [5, 5.41) is 31.7. The van der Waals surface area contributed by atoms with E-state index >= 15 is 0 Å². The Labute approximate surface area is 184 Å². The van der Waals surface area contributed by atoms with Gasteiger partial charge in [0.05, 0.1) is 6.10 Å². The lowest BCUT2D eigenvalue weighted by Gasteiger charge is -2.18. The molecule has 2 aromatic rings. The Balaban J connectivity index is 0.00000420. The zero-order valence-electron chi connectivity index (χ0n) is 15.6. The van der Waals surface area contributed by atoms with Crippen LogP contribution < -0.4 is 10.1 Å². The van der Waals surface area contributed by atoms with Crippen molar-refractivity contribution < 1.29 is 29.6 Å². The monoisotopic (exact) mass is 487 g/mol. The molecule has 0 saturated heterocycles. The average molecular weight is 489 g/mol. The molecule has 0 spiro atoms. The molecule has 2 unspecified atom stereocenters. The minimum atomic E-state index is -1.94. The summed E-state index contributed by atoms with van der Waals surface area (Å²) < 4.78 is 4.98. The molecule has 0 saturated carbocycles. The van der Waals surface area contributed by atoms with Crippen LogP contribution in [0.25, 0.3) is 0 Å². The van der Waals surface area contributed by atoms with Crippen molar-refractivity contribution in [3.8, 4) is 5.75 Å². The molecule has 9 heteroatoms. The van der Waals surface area contributed by atoms with Crippen LogP contribution in [-0.2, 0) is 16.0 Å². The predicted molar refractivity (Wildman–Crippen MR) is 114 cm³/mol. The van der Waals surface area contributed by atoms with Crippen LogP contribution in [0.3, 0.4) is 0 Å². The molecule has 0 radical (unpaired) electrons. The van der Waals surface area contributed by atoms with Gasteiger partial charge in [0.1, 0.15) is 5.75 Å². The topological polar surface area (TPSA) is 116 Å². The summed E-state index contributed by atoms with van der Waals surface area (Å²) in [5.74, 6) is -2.96. The molecule has 2 aromatic carbocycles. The summed E-state index contributed by atoms with van der Waals surface area (Å²) in [6.07, 6.45) is -1.97. The predicted octanol–water partition coefficient (Wildman–Crippen LogP) is 3.09. The maximum absolute atomic E-state index is 10.9. The molecule has 0 aliphatic carbocycles. The third-order valence-corrected chi connectivity index (χ3v) is 4.30. The molecule has 158 valence electrons. The fourth-order valence-corrected chi connectivity index (χ4v) is 2.82. The molecule has 2 atom stereocenters. The molecule has 2 rings (SSSR count). The Kier molecular flexibility index (Phi) is 10.1. The van der Waals surface area contributed by atoms with Crippen molar-refractivity contribution in [3.63, 3.8) is 0 Å². The smallest absolute Gasteiger partial charge is 0.356 e. The normalized spacial score (nSPS) is 12.7. The number of aliphatic hydroxyl groups excluding tert-OH is 1. The quantitative estimate of drug-likeness (QED) is 0.380. The minimum absolute atomic E-state index is 0. The van der Waals surface area contributed by atoms with E-state index in [0.29, 0.717) is 18.0 Å². The van der Waals surface area contributed by atoms with Gasteiger partial charge < -0.3 is 25.4 Å². The van der Waals surface area contributed by atoms with Gasteiger partial charge in [0, 0.05) is 17.6 Å². The second kappa shape index (κ2) is 11.8. The van der Waals surface area contributed by atoms with E-state index in [1.54, 1.807) is 30.3 Å². The number of rotatable bonds is 10. The fourth-order valence-electron chi connectivity index (χ4n) is 2.62. The minimum Gasteiger partial charge on any atom is -0.478 e. The molecule has 0 aliphatic heterocycles. The maximum Gasteiger partial charge on any atom is 0.356 e. The highest BCUT2D eigenvalue weighted by molar-refractivity contribution is 8.93. The number of ether oxygens (including phenoxy) is 1. The number of hydrogen-bond acceptors (Lipinski definition) is 5. The lowest BCUT2D eigenvalue weighted by atomic mass is 10.1. The number of hydrogen-bond donors (Lipinski definition) is 4. The number of aliphatic carboxylic acids is 2. The van der Waals surface area contributed by atoms with Crippen LogP contribution in [0.4, 0.5) is 0 Å². The molecule has 4 N–H and O–H groups in total. The van der Waals surface area contributed by atoms with Crippen molar-refractivity contribution in [1.82, 2.24) is 5.32 Å². The van der Waals surface area contributed by atoms with Gasteiger partial charge in [-0.25, -0.2) is 9.59 Å². The van der Waals surface area contributed by atoms with Crippen LogP contribution in [0, 0.1) is 0 Å². The van der Waals surface area contributed by atoms with Gasteiger partial charge in [-0.3, -0.25) is 0 Å². The van der Waals surface area contributed by atoms with Gasteiger partial charge >= 0.3 is 11.9 Å². The average Bonchev–Trinajstić information content (AvgIpc) is 2.65. The Morgan fingerprint density at radius 2 is 1.72 bits per heavy atom. The molecule has 0 bridgehead atoms. The highest BCUT2D eigenvalue weighted by Crippen LogP contribution is 2.18. The summed E-state index contributed by atoms with van der Waals surface area (Å²) in [4.78, 5) is 21.7. The van der Waals surface area contributed by atoms with Gasteiger partial charge in [0.15, 0.2) is 0 Å². The van der Waals surface area contributed by atoms with E-state index in [1.165, 1.54) is 12.1 Å². The van der Waals surface area contributed by atoms with E-state index in [0.717, 1.165) is 11.1 Å². The Hall–Kier alpha value is -2.13. The number of carboxylic acid groups (broad SMARTS) is 2. The van der Waals surface area contributed by atoms with Gasteiger partial charge in [-0.2, -0.15) is 0 Å². The third kappa shape index (κ3) is 8.02. The third-order valence-electron chi connectivity index (χ3n) is 4.06. The number of carbonyl (C=O) groups is 2. The number of halogens is 2. The molecule has 7 nitrogen and oxygen atoms in total. The second-order valence-electron chi connectivity index (χ2n) is 6.40. The van der Waals surface area contributed by atoms with Crippen molar-refractivity contribution in [2.75, 3.05) is 6.54 Å². The summed E-state index contributed by atoms with van der Waals surface area (Å²) in [7, 11) is 0.